The van der Waals surface area contributed by atoms with Gasteiger partial charge in [0, 0.05) is 18.6 Å². The van der Waals surface area contributed by atoms with E-state index in [4.69, 9.17) is 17.3 Å². The quantitative estimate of drug-likeness (QED) is 0.623. The van der Waals surface area contributed by atoms with Gasteiger partial charge in [-0.3, -0.25) is 0 Å². The summed E-state index contributed by atoms with van der Waals surface area (Å²) in [7, 11) is 0. The number of aromatic nitrogens is 2. The van der Waals surface area contributed by atoms with Gasteiger partial charge in [-0.05, 0) is 0 Å². The molecule has 0 aliphatic carbocycles. The molecule has 3 nitrogen and oxygen atoms in total. The molecular weight excluding hydrogens is 138 g/mol. The Bertz CT molecular complexity index is 184. The third-order valence-corrected chi connectivity index (χ3v) is 1.16. The Labute approximate surface area is 58.4 Å². The third kappa shape index (κ3) is 1.61. The van der Waals surface area contributed by atoms with Gasteiger partial charge in [-0.15, -0.1) is 11.6 Å². The lowest BCUT2D eigenvalue weighted by molar-refractivity contribution is 0.767. The number of hydrogen-bond acceptors (Lipinski definition) is 2. The van der Waals surface area contributed by atoms with E-state index in [9.17, 15) is 0 Å². The fourth-order valence-electron chi connectivity index (χ4n) is 0.597. The van der Waals surface area contributed by atoms with E-state index in [1.54, 1.807) is 12.5 Å². The maximum absolute atomic E-state index is 5.46. The van der Waals surface area contributed by atoms with Crippen molar-refractivity contribution >= 4 is 17.4 Å². The largest absolute Gasteiger partial charge is 0.382 e. The van der Waals surface area contributed by atoms with Crippen LogP contribution in [-0.4, -0.2) is 15.4 Å². The van der Waals surface area contributed by atoms with Gasteiger partial charge in [0.05, 0.1) is 6.33 Å². The van der Waals surface area contributed by atoms with Gasteiger partial charge in [0.25, 0.3) is 0 Å². The van der Waals surface area contributed by atoms with E-state index in [-0.39, 0.29) is 0 Å². The Morgan fingerprint density at radius 2 is 2.56 bits per heavy atom. The second kappa shape index (κ2) is 2.73. The Hall–Kier alpha value is -0.700. The molecule has 1 aromatic rings. The summed E-state index contributed by atoms with van der Waals surface area (Å²) in [5.74, 6) is 1.13. The first-order valence-electron chi connectivity index (χ1n) is 2.66. The van der Waals surface area contributed by atoms with Crippen LogP contribution in [0.3, 0.4) is 0 Å². The highest BCUT2D eigenvalue weighted by molar-refractivity contribution is 6.17. The number of halogens is 1. The molecule has 0 spiro atoms. The molecule has 4 heteroatoms. The van der Waals surface area contributed by atoms with Gasteiger partial charge in [-0.2, -0.15) is 0 Å². The highest BCUT2D eigenvalue weighted by atomic mass is 35.5. The summed E-state index contributed by atoms with van der Waals surface area (Å²) in [6.45, 7) is 0.770. The van der Waals surface area contributed by atoms with Crippen LogP contribution in [0.2, 0.25) is 0 Å². The van der Waals surface area contributed by atoms with Crippen LogP contribution in [0.4, 0.5) is 5.82 Å². The fourth-order valence-corrected chi connectivity index (χ4v) is 0.792. The molecule has 0 fully saturated rings. The normalized spacial score (nSPS) is 9.89. The first-order valence-corrected chi connectivity index (χ1v) is 3.19. The molecule has 1 rings (SSSR count). The summed E-state index contributed by atoms with van der Waals surface area (Å²) in [6.07, 6.45) is 3.42. The van der Waals surface area contributed by atoms with Crippen molar-refractivity contribution in [1.82, 2.24) is 9.55 Å². The van der Waals surface area contributed by atoms with E-state index in [1.807, 2.05) is 4.57 Å². The van der Waals surface area contributed by atoms with E-state index < -0.39 is 0 Å². The summed E-state index contributed by atoms with van der Waals surface area (Å²) in [5.41, 5.74) is 5.33. The molecule has 0 amide bonds. The minimum atomic E-state index is 0.542. The van der Waals surface area contributed by atoms with E-state index in [2.05, 4.69) is 4.98 Å². The predicted octanol–water partition coefficient (Wildman–Crippen LogP) is 0.704. The molecule has 0 aliphatic heterocycles. The first kappa shape index (κ1) is 6.42. The summed E-state index contributed by atoms with van der Waals surface area (Å²) in [4.78, 5) is 3.82. The zero-order valence-corrected chi connectivity index (χ0v) is 5.67. The molecule has 0 bridgehead atoms. The molecule has 0 radical (unpaired) electrons. The van der Waals surface area contributed by atoms with Gasteiger partial charge in [-0.1, -0.05) is 0 Å². The third-order valence-electron chi connectivity index (χ3n) is 0.996. The van der Waals surface area contributed by atoms with Crippen molar-refractivity contribution in [3.8, 4) is 0 Å². The lowest BCUT2D eigenvalue weighted by Gasteiger charge is -1.92. The molecule has 0 unspecified atom stereocenters. The van der Waals surface area contributed by atoms with Gasteiger partial charge in [-0.25, -0.2) is 4.98 Å². The van der Waals surface area contributed by atoms with Crippen LogP contribution in [-0.2, 0) is 6.54 Å². The fraction of sp³-hybridized carbons (Fsp3) is 0.400. The monoisotopic (exact) mass is 145 g/mol. The molecule has 1 aromatic heterocycles. The number of rotatable bonds is 2. The summed E-state index contributed by atoms with van der Waals surface area (Å²) in [6, 6.07) is 0. The number of imidazole rings is 1. The number of aryl methyl sites for hydroxylation is 1. The van der Waals surface area contributed by atoms with E-state index in [0.717, 1.165) is 6.54 Å². The van der Waals surface area contributed by atoms with Crippen molar-refractivity contribution in [3.05, 3.63) is 12.5 Å². The van der Waals surface area contributed by atoms with Crippen molar-refractivity contribution in [1.29, 1.82) is 0 Å². The Morgan fingerprint density at radius 3 is 3.00 bits per heavy atom. The maximum atomic E-state index is 5.46. The first-order chi connectivity index (χ1) is 4.33. The standard InChI is InChI=1S/C5H8ClN3/c6-1-2-9-3-5(7)8-4-9/h3-4H,1-2,7H2. The number of anilines is 1. The molecule has 9 heavy (non-hydrogen) atoms. The molecule has 0 aromatic carbocycles. The SMILES string of the molecule is Nc1cn(CCCl)cn1. The highest BCUT2D eigenvalue weighted by Gasteiger charge is 1.89. The molecule has 50 valence electrons. The molecule has 0 saturated heterocycles. The Kier molecular flexibility index (Phi) is 1.95. The Balaban J connectivity index is 2.61. The highest BCUT2D eigenvalue weighted by Crippen LogP contribution is 1.95. The Morgan fingerprint density at radius 1 is 1.78 bits per heavy atom. The van der Waals surface area contributed by atoms with Gasteiger partial charge in [0.15, 0.2) is 0 Å². The van der Waals surface area contributed by atoms with Gasteiger partial charge in [0.1, 0.15) is 5.82 Å². The van der Waals surface area contributed by atoms with Crippen LogP contribution in [0, 0.1) is 0 Å². The average Bonchev–Trinajstić information content (AvgIpc) is 2.17. The summed E-state index contributed by atoms with van der Waals surface area (Å²) >= 11 is 5.46. The lowest BCUT2D eigenvalue weighted by atomic mass is 10.7. The van der Waals surface area contributed by atoms with E-state index in [0.29, 0.717) is 11.7 Å². The number of nitrogen functional groups attached to an aromatic ring is 1. The molecular formula is C5H8ClN3. The molecule has 0 aliphatic rings. The van der Waals surface area contributed by atoms with Crippen molar-refractivity contribution in [2.75, 3.05) is 11.6 Å². The predicted molar refractivity (Wildman–Crippen MR) is 37.4 cm³/mol. The van der Waals surface area contributed by atoms with E-state index >= 15 is 0 Å². The average molecular weight is 146 g/mol. The van der Waals surface area contributed by atoms with Crippen LogP contribution in [0.15, 0.2) is 12.5 Å². The zero-order valence-electron chi connectivity index (χ0n) is 4.92. The van der Waals surface area contributed by atoms with Gasteiger partial charge < -0.3 is 10.3 Å². The minimum Gasteiger partial charge on any atom is -0.382 e. The lowest BCUT2D eigenvalue weighted by Crippen LogP contribution is -1.94. The second-order valence-electron chi connectivity index (χ2n) is 1.73. The van der Waals surface area contributed by atoms with Crippen molar-refractivity contribution in [3.63, 3.8) is 0 Å². The van der Waals surface area contributed by atoms with Crippen LogP contribution in [0.1, 0.15) is 0 Å². The number of hydrogen-bond donors (Lipinski definition) is 1. The van der Waals surface area contributed by atoms with Crippen LogP contribution in [0.5, 0.6) is 0 Å². The molecule has 2 N–H and O–H groups in total. The van der Waals surface area contributed by atoms with Gasteiger partial charge in [0.2, 0.25) is 0 Å². The van der Waals surface area contributed by atoms with Crippen molar-refractivity contribution in [2.24, 2.45) is 0 Å². The summed E-state index contributed by atoms with van der Waals surface area (Å²) in [5, 5.41) is 0. The molecule has 1 heterocycles. The van der Waals surface area contributed by atoms with Crippen LogP contribution >= 0.6 is 11.6 Å². The number of nitrogens with zero attached hydrogens (tertiary/aromatic N) is 2. The maximum Gasteiger partial charge on any atom is 0.141 e. The zero-order chi connectivity index (χ0) is 6.69. The minimum absolute atomic E-state index is 0.542. The number of alkyl halides is 1. The second-order valence-corrected chi connectivity index (χ2v) is 2.10. The number of nitrogens with two attached hydrogens (primary N) is 1. The van der Waals surface area contributed by atoms with Crippen molar-refractivity contribution < 1.29 is 0 Å². The summed E-state index contributed by atoms with van der Waals surface area (Å²) < 4.78 is 1.85. The molecule has 0 saturated carbocycles. The van der Waals surface area contributed by atoms with Gasteiger partial charge >= 0.3 is 0 Å². The molecule has 0 atom stereocenters. The van der Waals surface area contributed by atoms with E-state index in [1.165, 1.54) is 0 Å². The smallest absolute Gasteiger partial charge is 0.141 e. The van der Waals surface area contributed by atoms with Crippen molar-refractivity contribution in [2.45, 2.75) is 6.54 Å². The van der Waals surface area contributed by atoms with Crippen LogP contribution in [0.25, 0.3) is 0 Å². The topological polar surface area (TPSA) is 43.8 Å². The van der Waals surface area contributed by atoms with Crippen LogP contribution < -0.4 is 5.73 Å².